The van der Waals surface area contributed by atoms with E-state index < -0.39 is 0 Å². The number of aromatic nitrogens is 3. The molecule has 2 aromatic carbocycles. The summed E-state index contributed by atoms with van der Waals surface area (Å²) in [7, 11) is 7.77. The van der Waals surface area contributed by atoms with Gasteiger partial charge in [-0.2, -0.15) is 0 Å². The van der Waals surface area contributed by atoms with Crippen LogP contribution in [0.2, 0.25) is 10.0 Å². The van der Waals surface area contributed by atoms with Crippen molar-refractivity contribution in [3.05, 3.63) is 101 Å². The van der Waals surface area contributed by atoms with Gasteiger partial charge in [0, 0.05) is 38.2 Å². The molecule has 0 spiro atoms. The van der Waals surface area contributed by atoms with Crippen molar-refractivity contribution in [2.75, 3.05) is 47.8 Å². The fourth-order valence-corrected chi connectivity index (χ4v) is 4.96. The maximum atomic E-state index is 6.75. The van der Waals surface area contributed by atoms with Crippen molar-refractivity contribution < 1.29 is 4.74 Å². The van der Waals surface area contributed by atoms with Gasteiger partial charge < -0.3 is 24.3 Å². The average Bonchev–Trinajstić information content (AvgIpc) is 3.01. The SMILES string of the molecule is CN1c2cccc(n2)N(C)c2cccc(n2)N(C)c2cc(Cl)cc(c2Oc2ccc(Cl)cc2)N(C)c2cccc1n2. The van der Waals surface area contributed by atoms with Crippen LogP contribution < -0.4 is 24.3 Å². The highest BCUT2D eigenvalue weighted by Crippen LogP contribution is 2.46. The van der Waals surface area contributed by atoms with Gasteiger partial charge in [0.2, 0.25) is 0 Å². The summed E-state index contributed by atoms with van der Waals surface area (Å²) < 4.78 is 6.57. The number of hydrogen-bond donors (Lipinski definition) is 0. The van der Waals surface area contributed by atoms with E-state index in [9.17, 15) is 0 Å². The van der Waals surface area contributed by atoms with Gasteiger partial charge in [0.05, 0.1) is 11.4 Å². The van der Waals surface area contributed by atoms with Crippen molar-refractivity contribution in [1.82, 2.24) is 15.0 Å². The minimum atomic E-state index is 0.541. The van der Waals surface area contributed by atoms with Crippen LogP contribution >= 0.6 is 23.2 Å². The number of fused-ring (bicyclic) bond motifs is 8. The molecule has 4 heterocycles. The monoisotopic (exact) mass is 583 g/mol. The van der Waals surface area contributed by atoms with Gasteiger partial charge in [-0.1, -0.05) is 41.4 Å². The van der Waals surface area contributed by atoms with E-state index in [0.717, 1.165) is 34.6 Å². The molecule has 0 radical (unpaired) electrons. The molecule has 3 aromatic heterocycles. The quantitative estimate of drug-likeness (QED) is 0.205. The Morgan fingerprint density at radius 2 is 0.854 bits per heavy atom. The highest BCUT2D eigenvalue weighted by atomic mass is 35.5. The van der Waals surface area contributed by atoms with Crippen molar-refractivity contribution in [3.63, 3.8) is 0 Å². The van der Waals surface area contributed by atoms with E-state index in [1.54, 1.807) is 12.1 Å². The van der Waals surface area contributed by atoms with Crippen molar-refractivity contribution in [3.8, 4) is 11.5 Å². The van der Waals surface area contributed by atoms with Crippen molar-refractivity contribution in [1.29, 1.82) is 0 Å². The number of hydrogen-bond acceptors (Lipinski definition) is 8. The van der Waals surface area contributed by atoms with Gasteiger partial charge >= 0.3 is 0 Å². The molecule has 0 unspecified atom stereocenters. The molecule has 0 fully saturated rings. The first-order chi connectivity index (χ1) is 19.8. The van der Waals surface area contributed by atoms with E-state index >= 15 is 0 Å². The number of nitrogens with zero attached hydrogens (tertiary/aromatic N) is 7. The minimum absolute atomic E-state index is 0.541. The Morgan fingerprint density at radius 3 is 1.24 bits per heavy atom. The van der Waals surface area contributed by atoms with E-state index in [4.69, 9.17) is 42.9 Å². The highest BCUT2D eigenvalue weighted by molar-refractivity contribution is 6.31. The van der Waals surface area contributed by atoms with Gasteiger partial charge in [-0.3, -0.25) is 0 Å². The zero-order valence-electron chi connectivity index (χ0n) is 23.0. The van der Waals surface area contributed by atoms with E-state index in [2.05, 4.69) is 0 Å². The number of rotatable bonds is 2. The van der Waals surface area contributed by atoms with Crippen LogP contribution in [0.25, 0.3) is 0 Å². The molecular weight excluding hydrogens is 557 g/mol. The normalized spacial score (nSPS) is 12.9. The molecule has 0 N–H and O–H groups in total. The van der Waals surface area contributed by atoms with Crippen LogP contribution in [0.15, 0.2) is 91.0 Å². The van der Waals surface area contributed by atoms with Crippen molar-refractivity contribution in [2.24, 2.45) is 0 Å². The number of pyridine rings is 3. The van der Waals surface area contributed by atoms with Crippen LogP contribution in [0.5, 0.6) is 11.5 Å². The molecule has 0 saturated carbocycles. The van der Waals surface area contributed by atoms with Gasteiger partial charge in [0.15, 0.2) is 5.75 Å². The molecule has 0 atom stereocenters. The van der Waals surface area contributed by atoms with E-state index in [1.807, 2.05) is 127 Å². The maximum Gasteiger partial charge on any atom is 0.174 e. The molecule has 5 aromatic rings. The lowest BCUT2D eigenvalue weighted by molar-refractivity contribution is 0.484. The number of anilines is 8. The Balaban J connectivity index is 1.60. The van der Waals surface area contributed by atoms with Crippen LogP contribution in [0.4, 0.5) is 46.3 Å². The largest absolute Gasteiger partial charge is 0.453 e. The lowest BCUT2D eigenvalue weighted by Gasteiger charge is -2.29. The van der Waals surface area contributed by atoms with Crippen LogP contribution in [0, 0.1) is 0 Å². The Kier molecular flexibility index (Phi) is 7.03. The summed E-state index contributed by atoms with van der Waals surface area (Å²) in [4.78, 5) is 22.7. The molecule has 1 aliphatic heterocycles. The molecule has 41 heavy (non-hydrogen) atoms. The lowest BCUT2D eigenvalue weighted by Crippen LogP contribution is -2.20. The first-order valence-corrected chi connectivity index (χ1v) is 13.7. The molecule has 8 nitrogen and oxygen atoms in total. The fourth-order valence-electron chi connectivity index (χ4n) is 4.63. The molecule has 1 aliphatic rings. The van der Waals surface area contributed by atoms with E-state index in [1.165, 1.54) is 0 Å². The van der Waals surface area contributed by atoms with Gasteiger partial charge in [-0.05, 0) is 72.8 Å². The minimum Gasteiger partial charge on any atom is -0.453 e. The zero-order chi connectivity index (χ0) is 28.7. The summed E-state index contributed by atoms with van der Waals surface area (Å²) in [5.74, 6) is 5.57. The fraction of sp³-hybridized carbons (Fsp3) is 0.129. The van der Waals surface area contributed by atoms with Crippen molar-refractivity contribution >= 4 is 69.5 Å². The summed E-state index contributed by atoms with van der Waals surface area (Å²) in [5.41, 5.74) is 1.45. The summed E-state index contributed by atoms with van der Waals surface area (Å²) >= 11 is 12.9. The predicted molar refractivity (Wildman–Crippen MR) is 168 cm³/mol. The van der Waals surface area contributed by atoms with E-state index in [0.29, 0.717) is 33.2 Å². The topological polar surface area (TPSA) is 60.9 Å². The Labute approximate surface area is 249 Å². The van der Waals surface area contributed by atoms with Crippen LogP contribution in [0.1, 0.15) is 0 Å². The summed E-state index contributed by atoms with van der Waals surface area (Å²) in [5, 5.41) is 1.16. The molecule has 0 amide bonds. The van der Waals surface area contributed by atoms with Crippen LogP contribution in [0.3, 0.4) is 0 Å². The summed E-state index contributed by atoms with van der Waals surface area (Å²) in [6.07, 6.45) is 0. The molecule has 0 saturated heterocycles. The van der Waals surface area contributed by atoms with Gasteiger partial charge in [-0.25, -0.2) is 15.0 Å². The second kappa shape index (κ2) is 10.8. The predicted octanol–water partition coefficient (Wildman–Crippen LogP) is 8.36. The second-order valence-corrected chi connectivity index (χ2v) is 10.5. The molecule has 0 aliphatic carbocycles. The molecule has 206 valence electrons. The van der Waals surface area contributed by atoms with E-state index in [-0.39, 0.29) is 0 Å². The Morgan fingerprint density at radius 1 is 0.488 bits per heavy atom. The lowest BCUT2D eigenvalue weighted by atomic mass is 10.2. The van der Waals surface area contributed by atoms with Gasteiger partial charge in [-0.15, -0.1) is 0 Å². The first-order valence-electron chi connectivity index (χ1n) is 12.9. The Bertz CT molecular complexity index is 1630. The first kappa shape index (κ1) is 26.7. The number of benzene rings is 2. The smallest absolute Gasteiger partial charge is 0.174 e. The third-order valence-corrected chi connectivity index (χ3v) is 7.46. The Hall–Kier alpha value is -4.53. The van der Waals surface area contributed by atoms with Crippen LogP contribution in [-0.2, 0) is 0 Å². The van der Waals surface area contributed by atoms with Crippen molar-refractivity contribution in [2.45, 2.75) is 0 Å². The molecule has 8 bridgehead atoms. The molecule has 6 rings (SSSR count). The third-order valence-electron chi connectivity index (χ3n) is 6.99. The third kappa shape index (κ3) is 5.19. The maximum absolute atomic E-state index is 6.75. The summed E-state index contributed by atoms with van der Waals surface area (Å²) in [6.45, 7) is 0. The number of ether oxygens (including phenoxy) is 1. The van der Waals surface area contributed by atoms with Gasteiger partial charge in [0.25, 0.3) is 0 Å². The zero-order valence-corrected chi connectivity index (χ0v) is 24.5. The standard InChI is InChI=1S/C31H27Cl2N7O/c1-37-23-18-21(33)19-24(31(23)41-22-16-14-20(32)15-17-22)38(2)26-9-6-11-28(35-26)40(4)30-13-7-12-29(36-30)39(3)27-10-5-8-25(37)34-27/h5-19H,1-4H3. The second-order valence-electron chi connectivity index (χ2n) is 9.63. The summed E-state index contributed by atoms with van der Waals surface area (Å²) in [6, 6.07) is 28.6. The molecule has 10 heteroatoms. The molecular formula is C31H27Cl2N7O. The number of halogens is 2. The van der Waals surface area contributed by atoms with Crippen LogP contribution in [-0.4, -0.2) is 43.1 Å². The van der Waals surface area contributed by atoms with Gasteiger partial charge in [0.1, 0.15) is 40.7 Å². The highest BCUT2D eigenvalue weighted by Gasteiger charge is 2.23. The average molecular weight is 585 g/mol.